The third-order valence-electron chi connectivity index (χ3n) is 4.08. The normalized spacial score (nSPS) is 11.5. The lowest BCUT2D eigenvalue weighted by Crippen LogP contribution is -2.33. The summed E-state index contributed by atoms with van der Waals surface area (Å²) < 4.78 is 0. The van der Waals surface area contributed by atoms with Crippen LogP contribution in [0.3, 0.4) is 0 Å². The van der Waals surface area contributed by atoms with E-state index in [-0.39, 0.29) is 17.8 Å². The number of anilines is 1. The summed E-state index contributed by atoms with van der Waals surface area (Å²) in [6.07, 6.45) is 0. The van der Waals surface area contributed by atoms with Crippen LogP contribution in [0.1, 0.15) is 22.8 Å². The third-order valence-corrected chi connectivity index (χ3v) is 4.08. The number of nitro benzene ring substituents is 1. The van der Waals surface area contributed by atoms with Gasteiger partial charge in [0.15, 0.2) is 0 Å². The molecule has 0 aliphatic heterocycles. The van der Waals surface area contributed by atoms with Gasteiger partial charge < -0.3 is 15.3 Å². The highest BCUT2D eigenvalue weighted by atomic mass is 16.6. The van der Waals surface area contributed by atoms with Gasteiger partial charge in [-0.1, -0.05) is 37.3 Å². The third kappa shape index (κ3) is 5.27. The molecule has 0 saturated heterocycles. The number of hydrogen-bond acceptors (Lipinski definition) is 5. The number of nitrogens with one attached hydrogen (secondary N) is 1. The lowest BCUT2D eigenvalue weighted by molar-refractivity contribution is -0.384. The Balaban J connectivity index is 2.17. The molecule has 2 N–H and O–H groups in total. The maximum atomic E-state index is 12.5. The Bertz CT molecular complexity index is 838. The number of nitro groups is 1. The number of carbonyl (C=O) groups is 2. The van der Waals surface area contributed by atoms with E-state index in [1.54, 1.807) is 0 Å². The van der Waals surface area contributed by atoms with Gasteiger partial charge >= 0.3 is 5.97 Å². The molecule has 0 spiro atoms. The molecule has 8 heteroatoms. The van der Waals surface area contributed by atoms with E-state index >= 15 is 0 Å². The van der Waals surface area contributed by atoms with Gasteiger partial charge in [-0.25, -0.2) is 0 Å². The second-order valence-corrected chi connectivity index (χ2v) is 6.25. The average molecular weight is 371 g/mol. The molecule has 0 saturated carbocycles. The van der Waals surface area contributed by atoms with Crippen molar-refractivity contribution >= 4 is 23.3 Å². The molecule has 0 aromatic heterocycles. The topological polar surface area (TPSA) is 113 Å². The Hall–Kier alpha value is -3.42. The van der Waals surface area contributed by atoms with Gasteiger partial charge in [0.2, 0.25) is 0 Å². The van der Waals surface area contributed by atoms with E-state index in [9.17, 15) is 19.7 Å². The summed E-state index contributed by atoms with van der Waals surface area (Å²) in [4.78, 5) is 35.5. The van der Waals surface area contributed by atoms with Gasteiger partial charge in [0, 0.05) is 31.8 Å². The van der Waals surface area contributed by atoms with Crippen molar-refractivity contribution in [1.82, 2.24) is 4.90 Å². The number of carboxylic acid groups (broad SMARTS) is 1. The number of nitrogens with zero attached hydrogens (tertiary/aromatic N) is 2. The zero-order valence-electron chi connectivity index (χ0n) is 15.1. The molecule has 0 bridgehead atoms. The second-order valence-electron chi connectivity index (χ2n) is 6.25. The smallest absolute Gasteiger partial charge is 0.308 e. The van der Waals surface area contributed by atoms with Gasteiger partial charge in [-0.05, 0) is 17.7 Å². The van der Waals surface area contributed by atoms with Gasteiger partial charge in [0.1, 0.15) is 5.69 Å². The van der Waals surface area contributed by atoms with Gasteiger partial charge in [0.25, 0.3) is 11.6 Å². The summed E-state index contributed by atoms with van der Waals surface area (Å²) in [5.41, 5.74) is 1.19. The Labute approximate surface area is 156 Å². The van der Waals surface area contributed by atoms with Crippen molar-refractivity contribution in [1.29, 1.82) is 0 Å². The molecule has 2 aromatic carbocycles. The molecule has 2 aromatic rings. The molecule has 0 aliphatic rings. The number of rotatable bonds is 8. The Kier molecular flexibility index (Phi) is 6.48. The molecule has 1 unspecified atom stereocenters. The Morgan fingerprint density at radius 3 is 2.48 bits per heavy atom. The average Bonchev–Trinajstić information content (AvgIpc) is 2.66. The van der Waals surface area contributed by atoms with Crippen molar-refractivity contribution in [2.75, 3.05) is 18.9 Å². The molecule has 2 rings (SSSR count). The van der Waals surface area contributed by atoms with E-state index in [0.29, 0.717) is 12.2 Å². The van der Waals surface area contributed by atoms with Crippen LogP contribution in [0.25, 0.3) is 0 Å². The molecule has 1 amide bonds. The van der Waals surface area contributed by atoms with Crippen molar-refractivity contribution in [3.63, 3.8) is 0 Å². The van der Waals surface area contributed by atoms with Gasteiger partial charge in [0.05, 0.1) is 10.8 Å². The predicted molar refractivity (Wildman–Crippen MR) is 101 cm³/mol. The zero-order chi connectivity index (χ0) is 20.0. The zero-order valence-corrected chi connectivity index (χ0v) is 15.1. The first kappa shape index (κ1) is 19.9. The molecule has 0 aliphatic carbocycles. The van der Waals surface area contributed by atoms with Crippen molar-refractivity contribution in [3.8, 4) is 0 Å². The summed E-state index contributed by atoms with van der Waals surface area (Å²) in [6.45, 7) is 1.91. The van der Waals surface area contributed by atoms with E-state index in [1.165, 1.54) is 37.1 Å². The highest BCUT2D eigenvalue weighted by Gasteiger charge is 2.22. The predicted octanol–water partition coefficient (Wildman–Crippen LogP) is 3.00. The van der Waals surface area contributed by atoms with E-state index in [2.05, 4.69) is 5.32 Å². The highest BCUT2D eigenvalue weighted by Crippen LogP contribution is 2.26. The van der Waals surface area contributed by atoms with Crippen LogP contribution in [0.4, 0.5) is 11.4 Å². The van der Waals surface area contributed by atoms with E-state index in [4.69, 9.17) is 5.11 Å². The van der Waals surface area contributed by atoms with Crippen molar-refractivity contribution in [2.45, 2.75) is 13.5 Å². The number of hydrogen-bond donors (Lipinski definition) is 2. The van der Waals surface area contributed by atoms with Gasteiger partial charge in [-0.15, -0.1) is 0 Å². The minimum absolute atomic E-state index is 0.00989. The molecule has 0 radical (unpaired) electrons. The van der Waals surface area contributed by atoms with Crippen LogP contribution in [0.2, 0.25) is 0 Å². The Morgan fingerprint density at radius 1 is 1.22 bits per heavy atom. The minimum atomic E-state index is -1.01. The van der Waals surface area contributed by atoms with Gasteiger partial charge in [-0.3, -0.25) is 19.7 Å². The molecule has 0 heterocycles. The lowest BCUT2D eigenvalue weighted by Gasteiger charge is -2.19. The van der Waals surface area contributed by atoms with Crippen LogP contribution in [0.15, 0.2) is 48.5 Å². The van der Waals surface area contributed by atoms with Crippen LogP contribution >= 0.6 is 0 Å². The maximum absolute atomic E-state index is 12.5. The second kappa shape index (κ2) is 8.79. The summed E-state index contributed by atoms with van der Waals surface area (Å²) in [6, 6.07) is 13.6. The van der Waals surface area contributed by atoms with Crippen LogP contribution in [-0.4, -0.2) is 40.4 Å². The summed E-state index contributed by atoms with van der Waals surface area (Å²) in [5, 5.41) is 23.4. The first-order valence-corrected chi connectivity index (χ1v) is 8.34. The van der Waals surface area contributed by atoms with Gasteiger partial charge in [-0.2, -0.15) is 0 Å². The quantitative estimate of drug-likeness (QED) is 0.545. The molecular weight excluding hydrogens is 350 g/mol. The van der Waals surface area contributed by atoms with E-state index < -0.39 is 22.7 Å². The lowest BCUT2D eigenvalue weighted by atomic mass is 10.1. The molecular formula is C19H21N3O5. The summed E-state index contributed by atoms with van der Waals surface area (Å²) in [7, 11) is 1.47. The maximum Gasteiger partial charge on any atom is 0.308 e. The largest absolute Gasteiger partial charge is 0.481 e. The molecule has 27 heavy (non-hydrogen) atoms. The SMILES string of the molecule is CC(CN(C)C(=O)c1ccc(NCc2ccccc2)c([N+](=O)[O-])c1)C(=O)O. The van der Waals surface area contributed by atoms with Crippen LogP contribution in [0.5, 0.6) is 0 Å². The molecule has 142 valence electrons. The summed E-state index contributed by atoms with van der Waals surface area (Å²) >= 11 is 0. The first-order valence-electron chi connectivity index (χ1n) is 8.34. The van der Waals surface area contributed by atoms with Crippen molar-refractivity contribution in [3.05, 3.63) is 69.8 Å². The fraction of sp³-hybridized carbons (Fsp3) is 0.263. The standard InChI is InChI=1S/C19H21N3O5/c1-13(19(24)25)12-21(2)18(23)15-8-9-16(17(10-15)22(26)27)20-11-14-6-4-3-5-7-14/h3-10,13,20H,11-12H2,1-2H3,(H,24,25). The number of carboxylic acids is 1. The first-order chi connectivity index (χ1) is 12.8. The Morgan fingerprint density at radius 2 is 1.89 bits per heavy atom. The van der Waals surface area contributed by atoms with E-state index in [0.717, 1.165) is 5.56 Å². The fourth-order valence-corrected chi connectivity index (χ4v) is 2.55. The minimum Gasteiger partial charge on any atom is -0.481 e. The number of aliphatic carboxylic acids is 1. The molecule has 8 nitrogen and oxygen atoms in total. The van der Waals surface area contributed by atoms with Crippen molar-refractivity contribution in [2.24, 2.45) is 5.92 Å². The van der Waals surface area contributed by atoms with Crippen LogP contribution < -0.4 is 5.32 Å². The fourth-order valence-electron chi connectivity index (χ4n) is 2.55. The molecule has 0 fully saturated rings. The van der Waals surface area contributed by atoms with Crippen LogP contribution in [0, 0.1) is 16.0 Å². The van der Waals surface area contributed by atoms with Crippen LogP contribution in [-0.2, 0) is 11.3 Å². The molecule has 1 atom stereocenters. The number of benzene rings is 2. The number of amides is 1. The number of carbonyl (C=O) groups excluding carboxylic acids is 1. The van der Waals surface area contributed by atoms with E-state index in [1.807, 2.05) is 30.3 Å². The highest BCUT2D eigenvalue weighted by molar-refractivity contribution is 5.95. The monoisotopic (exact) mass is 371 g/mol. The van der Waals surface area contributed by atoms with Crippen molar-refractivity contribution < 1.29 is 19.6 Å². The summed E-state index contributed by atoms with van der Waals surface area (Å²) in [5.74, 6) is -2.22.